The molecule has 28 heavy (non-hydrogen) atoms. The predicted molar refractivity (Wildman–Crippen MR) is 110 cm³/mol. The number of hydrogen-bond donors (Lipinski definition) is 2. The molecule has 1 saturated carbocycles. The van der Waals surface area contributed by atoms with Gasteiger partial charge < -0.3 is 10.3 Å². The topological polar surface area (TPSA) is 61.0 Å². The van der Waals surface area contributed by atoms with Crippen molar-refractivity contribution in [2.75, 3.05) is 6.54 Å². The number of H-pyrrole nitrogens is 1. The van der Waals surface area contributed by atoms with Crippen LogP contribution in [0.3, 0.4) is 0 Å². The molecule has 5 nitrogen and oxygen atoms in total. The van der Waals surface area contributed by atoms with Gasteiger partial charge in [0.2, 0.25) is 0 Å². The molecule has 1 aliphatic heterocycles. The van der Waals surface area contributed by atoms with Crippen molar-refractivity contribution in [1.29, 1.82) is 0 Å². The number of hydrogen-bond acceptors (Lipinski definition) is 3. The van der Waals surface area contributed by atoms with Crippen LogP contribution in [0.5, 0.6) is 0 Å². The van der Waals surface area contributed by atoms with Crippen LogP contribution in [0.4, 0.5) is 0 Å². The van der Waals surface area contributed by atoms with Gasteiger partial charge in [-0.2, -0.15) is 0 Å². The molecule has 144 valence electrons. The number of aryl methyl sites for hydroxylation is 1. The molecule has 2 fully saturated rings. The molecule has 2 N–H and O–H groups in total. The summed E-state index contributed by atoms with van der Waals surface area (Å²) in [6.45, 7) is 4.06. The Morgan fingerprint density at radius 1 is 1.25 bits per heavy atom. The van der Waals surface area contributed by atoms with E-state index in [0.29, 0.717) is 17.5 Å². The number of nitrogens with zero attached hydrogens (tertiary/aromatic N) is 2. The number of fused-ring (bicyclic) bond motifs is 2. The monoisotopic (exact) mass is 374 g/mol. The first-order chi connectivity index (χ1) is 13.7. The molecule has 3 heterocycles. The Hall–Kier alpha value is -2.66. The Balaban J connectivity index is 1.27. The maximum atomic E-state index is 12.7. The number of rotatable bonds is 4. The highest BCUT2D eigenvalue weighted by Gasteiger charge is 2.44. The van der Waals surface area contributed by atoms with Gasteiger partial charge in [-0.1, -0.05) is 12.1 Å². The molecular weight excluding hydrogens is 348 g/mol. The van der Waals surface area contributed by atoms with E-state index in [4.69, 9.17) is 0 Å². The molecule has 0 spiro atoms. The molecule has 5 heteroatoms. The SMILES string of the molecule is Cc1cncc(C(=O)N[C@H]2CC[C@@H]3[C@H]2CCN3Cc2cccc3[nH]ccc23)c1. The van der Waals surface area contributed by atoms with Gasteiger partial charge in [0.15, 0.2) is 0 Å². The first-order valence-electron chi connectivity index (χ1n) is 10.2. The normalized spacial score (nSPS) is 24.5. The molecule has 1 saturated heterocycles. The number of carbonyl (C=O) groups excluding carboxylic acids is 1. The first-order valence-corrected chi connectivity index (χ1v) is 10.2. The quantitative estimate of drug-likeness (QED) is 0.733. The van der Waals surface area contributed by atoms with Crippen LogP contribution in [-0.4, -0.2) is 39.4 Å². The summed E-state index contributed by atoms with van der Waals surface area (Å²) in [6.07, 6.45) is 8.83. The molecule has 0 radical (unpaired) electrons. The maximum Gasteiger partial charge on any atom is 0.253 e. The maximum absolute atomic E-state index is 12.7. The van der Waals surface area contributed by atoms with Gasteiger partial charge in [0.1, 0.15) is 0 Å². The van der Waals surface area contributed by atoms with Crippen molar-refractivity contribution < 1.29 is 4.79 Å². The zero-order valence-electron chi connectivity index (χ0n) is 16.2. The second-order valence-electron chi connectivity index (χ2n) is 8.25. The fourth-order valence-corrected chi connectivity index (χ4v) is 5.19. The van der Waals surface area contributed by atoms with Crippen molar-refractivity contribution in [2.45, 2.75) is 44.8 Å². The molecule has 3 aromatic rings. The van der Waals surface area contributed by atoms with E-state index in [1.165, 1.54) is 16.5 Å². The summed E-state index contributed by atoms with van der Waals surface area (Å²) < 4.78 is 0. The van der Waals surface area contributed by atoms with E-state index in [1.807, 2.05) is 19.2 Å². The molecule has 2 aliphatic rings. The van der Waals surface area contributed by atoms with Gasteiger partial charge in [-0.3, -0.25) is 14.7 Å². The van der Waals surface area contributed by atoms with Crippen LogP contribution in [0.1, 0.15) is 40.7 Å². The molecule has 5 rings (SSSR count). The minimum Gasteiger partial charge on any atom is -0.361 e. The third-order valence-electron chi connectivity index (χ3n) is 6.52. The molecule has 1 aromatic carbocycles. The Morgan fingerprint density at radius 2 is 2.18 bits per heavy atom. The Bertz CT molecular complexity index is 1010. The number of aromatic amines is 1. The lowest BCUT2D eigenvalue weighted by Crippen LogP contribution is -2.39. The van der Waals surface area contributed by atoms with Gasteiger partial charge in [0.05, 0.1) is 5.56 Å². The number of aromatic nitrogens is 2. The van der Waals surface area contributed by atoms with Crippen LogP contribution in [0.15, 0.2) is 48.9 Å². The summed E-state index contributed by atoms with van der Waals surface area (Å²) in [4.78, 5) is 22.7. The van der Waals surface area contributed by atoms with E-state index in [2.05, 4.69) is 44.5 Å². The fourth-order valence-electron chi connectivity index (χ4n) is 5.19. The highest BCUT2D eigenvalue weighted by atomic mass is 16.1. The van der Waals surface area contributed by atoms with Crippen molar-refractivity contribution >= 4 is 16.8 Å². The van der Waals surface area contributed by atoms with Crippen molar-refractivity contribution in [3.05, 3.63) is 65.6 Å². The van der Waals surface area contributed by atoms with E-state index < -0.39 is 0 Å². The van der Waals surface area contributed by atoms with Crippen LogP contribution in [0, 0.1) is 12.8 Å². The summed E-state index contributed by atoms with van der Waals surface area (Å²) in [5.41, 5.74) is 4.27. The van der Waals surface area contributed by atoms with Crippen molar-refractivity contribution in [1.82, 2.24) is 20.2 Å². The lowest BCUT2D eigenvalue weighted by molar-refractivity contribution is 0.0926. The van der Waals surface area contributed by atoms with Gasteiger partial charge in [-0.15, -0.1) is 0 Å². The summed E-state index contributed by atoms with van der Waals surface area (Å²) in [7, 11) is 0. The molecule has 3 atom stereocenters. The van der Waals surface area contributed by atoms with Crippen molar-refractivity contribution in [3.63, 3.8) is 0 Å². The lowest BCUT2D eigenvalue weighted by atomic mass is 9.99. The summed E-state index contributed by atoms with van der Waals surface area (Å²) >= 11 is 0. The Kier molecular flexibility index (Phi) is 4.40. The number of benzene rings is 1. The van der Waals surface area contributed by atoms with Gasteiger partial charge >= 0.3 is 0 Å². The Morgan fingerprint density at radius 3 is 3.07 bits per heavy atom. The average molecular weight is 374 g/mol. The number of pyridine rings is 1. The van der Waals surface area contributed by atoms with Crippen LogP contribution in [0.2, 0.25) is 0 Å². The second kappa shape index (κ2) is 7.06. The van der Waals surface area contributed by atoms with E-state index in [9.17, 15) is 4.79 Å². The van der Waals surface area contributed by atoms with E-state index in [-0.39, 0.29) is 11.9 Å². The summed E-state index contributed by atoms with van der Waals surface area (Å²) in [5, 5.41) is 4.61. The highest BCUT2D eigenvalue weighted by Crippen LogP contribution is 2.39. The van der Waals surface area contributed by atoms with Crippen LogP contribution >= 0.6 is 0 Å². The van der Waals surface area contributed by atoms with Crippen LogP contribution < -0.4 is 5.32 Å². The highest BCUT2D eigenvalue weighted by molar-refractivity contribution is 5.94. The lowest BCUT2D eigenvalue weighted by Gasteiger charge is -2.25. The van der Waals surface area contributed by atoms with Gasteiger partial charge in [-0.05, 0) is 68.0 Å². The van der Waals surface area contributed by atoms with Gasteiger partial charge in [0.25, 0.3) is 5.91 Å². The zero-order chi connectivity index (χ0) is 19.1. The van der Waals surface area contributed by atoms with Gasteiger partial charge in [0, 0.05) is 48.1 Å². The fraction of sp³-hybridized carbons (Fsp3) is 0.391. The molecule has 1 aliphatic carbocycles. The smallest absolute Gasteiger partial charge is 0.253 e. The molecule has 0 unspecified atom stereocenters. The van der Waals surface area contributed by atoms with E-state index >= 15 is 0 Å². The molecular formula is C23H26N4O. The van der Waals surface area contributed by atoms with E-state index in [1.54, 1.807) is 12.4 Å². The largest absolute Gasteiger partial charge is 0.361 e. The van der Waals surface area contributed by atoms with Crippen LogP contribution in [-0.2, 0) is 6.54 Å². The first kappa shape index (κ1) is 17.4. The third-order valence-corrected chi connectivity index (χ3v) is 6.52. The summed E-state index contributed by atoms with van der Waals surface area (Å²) in [6, 6.07) is 11.4. The number of amides is 1. The predicted octanol–water partition coefficient (Wildman–Crippen LogP) is 3.65. The molecule has 0 bridgehead atoms. The van der Waals surface area contributed by atoms with Crippen molar-refractivity contribution in [3.8, 4) is 0 Å². The second-order valence-corrected chi connectivity index (χ2v) is 8.25. The van der Waals surface area contributed by atoms with Crippen molar-refractivity contribution in [2.24, 2.45) is 5.92 Å². The average Bonchev–Trinajstić information content (AvgIpc) is 3.41. The van der Waals surface area contributed by atoms with E-state index in [0.717, 1.165) is 37.9 Å². The zero-order valence-corrected chi connectivity index (χ0v) is 16.2. The standard InChI is InChI=1S/C23H26N4O/c1-15-11-17(13-24-12-15)23(28)26-21-5-6-22-19(21)8-10-27(22)14-16-3-2-4-20-18(16)7-9-25-20/h2-4,7,9,11-13,19,21-22,25H,5-6,8,10,14H2,1H3,(H,26,28)/t19-,21-,22+/m0/s1. The number of nitrogens with one attached hydrogen (secondary N) is 2. The molecule has 1 amide bonds. The minimum atomic E-state index is 0.0115. The number of carbonyl (C=O) groups is 1. The van der Waals surface area contributed by atoms with Gasteiger partial charge in [-0.25, -0.2) is 0 Å². The number of likely N-dealkylation sites (tertiary alicyclic amines) is 1. The molecule has 2 aromatic heterocycles. The third kappa shape index (κ3) is 3.10. The minimum absolute atomic E-state index is 0.0115. The van der Waals surface area contributed by atoms with Crippen LogP contribution in [0.25, 0.3) is 10.9 Å². The summed E-state index contributed by atoms with van der Waals surface area (Å²) in [5.74, 6) is 0.560. The Labute approximate surface area is 165 Å².